The maximum atomic E-state index is 10.7. The van der Waals surface area contributed by atoms with Crippen LogP contribution in [0.2, 0.25) is 0 Å². The molecule has 0 aromatic heterocycles. The molecule has 0 saturated heterocycles. The van der Waals surface area contributed by atoms with E-state index in [1.807, 2.05) is 0 Å². The molecule has 0 aliphatic heterocycles. The van der Waals surface area contributed by atoms with E-state index in [4.69, 9.17) is 5.73 Å². The van der Waals surface area contributed by atoms with Gasteiger partial charge in [-0.05, 0) is 12.1 Å². The highest BCUT2D eigenvalue weighted by molar-refractivity contribution is 5.92. The highest BCUT2D eigenvalue weighted by Gasteiger charge is 2.05. The first-order valence-corrected chi connectivity index (χ1v) is 3.75. The molecule has 1 unspecified atom stereocenters. The summed E-state index contributed by atoms with van der Waals surface area (Å²) in [5, 5.41) is 9.22. The van der Waals surface area contributed by atoms with Crippen LogP contribution in [0.4, 0.5) is 0 Å². The van der Waals surface area contributed by atoms with Crippen molar-refractivity contribution in [2.75, 3.05) is 7.11 Å². The quantitative estimate of drug-likeness (QED) is 0.664. The number of primary amides is 1. The van der Waals surface area contributed by atoms with Crippen molar-refractivity contribution in [3.8, 4) is 0 Å². The Morgan fingerprint density at radius 3 is 2.38 bits per heavy atom. The van der Waals surface area contributed by atoms with Crippen LogP contribution in [0.15, 0.2) is 24.3 Å². The van der Waals surface area contributed by atoms with Crippen LogP contribution >= 0.6 is 0 Å². The summed E-state index contributed by atoms with van der Waals surface area (Å²) in [6.07, 6.45) is -0.957. The molecule has 0 saturated carbocycles. The average molecular weight is 181 g/mol. The van der Waals surface area contributed by atoms with E-state index < -0.39 is 12.2 Å². The van der Waals surface area contributed by atoms with Crippen molar-refractivity contribution in [3.63, 3.8) is 0 Å². The van der Waals surface area contributed by atoms with Crippen LogP contribution in [0, 0.1) is 0 Å². The maximum Gasteiger partial charge on any atom is 0.248 e. The molecule has 0 spiro atoms. The zero-order chi connectivity index (χ0) is 9.84. The minimum Gasteiger partial charge on any atom is -0.366 e. The normalized spacial score (nSPS) is 12.5. The number of carbonyl (C=O) groups is 1. The van der Waals surface area contributed by atoms with Gasteiger partial charge in [-0.25, -0.2) is 0 Å². The zero-order valence-corrected chi connectivity index (χ0v) is 7.23. The van der Waals surface area contributed by atoms with Crippen LogP contribution in [0.5, 0.6) is 0 Å². The van der Waals surface area contributed by atoms with Crippen molar-refractivity contribution >= 4 is 5.91 Å². The molecule has 70 valence electrons. The second-order valence-electron chi connectivity index (χ2n) is 2.57. The summed E-state index contributed by atoms with van der Waals surface area (Å²) >= 11 is 0. The summed E-state index contributed by atoms with van der Waals surface area (Å²) in [6.45, 7) is 0. The molecule has 0 aliphatic carbocycles. The fourth-order valence-corrected chi connectivity index (χ4v) is 0.948. The molecular weight excluding hydrogens is 170 g/mol. The largest absolute Gasteiger partial charge is 0.366 e. The predicted octanol–water partition coefficient (Wildman–Crippen LogP) is 0.423. The van der Waals surface area contributed by atoms with Gasteiger partial charge >= 0.3 is 0 Å². The topological polar surface area (TPSA) is 72.6 Å². The average Bonchev–Trinajstić information content (AvgIpc) is 2.17. The number of aliphatic hydroxyl groups excluding tert-OH is 1. The van der Waals surface area contributed by atoms with Crippen molar-refractivity contribution < 1.29 is 14.6 Å². The number of carbonyl (C=O) groups excluding carboxylic acids is 1. The number of hydrogen-bond acceptors (Lipinski definition) is 3. The molecule has 0 fully saturated rings. The van der Waals surface area contributed by atoms with Crippen LogP contribution in [0.25, 0.3) is 0 Å². The van der Waals surface area contributed by atoms with E-state index in [2.05, 4.69) is 4.74 Å². The maximum absolute atomic E-state index is 10.7. The molecule has 4 heteroatoms. The minimum absolute atomic E-state index is 0.409. The molecule has 3 N–H and O–H groups in total. The van der Waals surface area contributed by atoms with Crippen LogP contribution in [-0.2, 0) is 4.74 Å². The molecule has 1 atom stereocenters. The van der Waals surface area contributed by atoms with E-state index in [1.54, 1.807) is 24.3 Å². The highest BCUT2D eigenvalue weighted by Crippen LogP contribution is 2.13. The van der Waals surface area contributed by atoms with Gasteiger partial charge in [0.2, 0.25) is 5.91 Å². The zero-order valence-electron chi connectivity index (χ0n) is 7.23. The van der Waals surface area contributed by atoms with E-state index in [-0.39, 0.29) is 0 Å². The number of methoxy groups -OCH3 is 1. The first-order valence-electron chi connectivity index (χ1n) is 3.75. The fourth-order valence-electron chi connectivity index (χ4n) is 0.948. The van der Waals surface area contributed by atoms with Crippen LogP contribution in [0.3, 0.4) is 0 Å². The number of nitrogens with two attached hydrogens (primary N) is 1. The third-order valence-corrected chi connectivity index (χ3v) is 1.70. The summed E-state index contributed by atoms with van der Waals surface area (Å²) in [4.78, 5) is 10.7. The van der Waals surface area contributed by atoms with E-state index >= 15 is 0 Å². The summed E-state index contributed by atoms with van der Waals surface area (Å²) in [5.41, 5.74) is 6.04. The predicted molar refractivity (Wildman–Crippen MR) is 46.9 cm³/mol. The molecule has 1 rings (SSSR count). The molecule has 1 aromatic rings. The Morgan fingerprint density at radius 1 is 1.46 bits per heavy atom. The molecule has 0 radical (unpaired) electrons. The van der Waals surface area contributed by atoms with E-state index in [1.165, 1.54) is 7.11 Å². The Kier molecular flexibility index (Phi) is 3.00. The molecule has 13 heavy (non-hydrogen) atoms. The van der Waals surface area contributed by atoms with Crippen LogP contribution in [0.1, 0.15) is 22.2 Å². The molecule has 0 bridgehead atoms. The molecule has 0 heterocycles. The number of aliphatic hydroxyl groups is 1. The number of amides is 1. The fraction of sp³-hybridized carbons (Fsp3) is 0.222. The van der Waals surface area contributed by atoms with Crippen molar-refractivity contribution in [1.29, 1.82) is 0 Å². The molecule has 0 aliphatic rings. The number of ether oxygens (including phenoxy) is 1. The minimum atomic E-state index is -0.957. The van der Waals surface area contributed by atoms with Crippen molar-refractivity contribution in [1.82, 2.24) is 0 Å². The lowest BCUT2D eigenvalue weighted by molar-refractivity contribution is -0.0769. The standard InChI is InChI=1S/C9H11NO3/c1-13-9(12)7-4-2-6(3-5-7)8(10)11/h2-5,9,12H,1H3,(H2,10,11). The van der Waals surface area contributed by atoms with Gasteiger partial charge in [-0.15, -0.1) is 0 Å². The molecular formula is C9H11NO3. The Morgan fingerprint density at radius 2 is 2.00 bits per heavy atom. The SMILES string of the molecule is COC(O)c1ccc(C(N)=O)cc1. The highest BCUT2D eigenvalue weighted by atomic mass is 16.6. The number of hydrogen-bond donors (Lipinski definition) is 2. The Bertz CT molecular complexity index is 294. The van der Waals surface area contributed by atoms with E-state index in [0.717, 1.165) is 0 Å². The summed E-state index contributed by atoms with van der Waals surface area (Å²) in [6, 6.07) is 6.27. The number of benzene rings is 1. The van der Waals surface area contributed by atoms with Gasteiger partial charge in [-0.1, -0.05) is 12.1 Å². The van der Waals surface area contributed by atoms with Crippen LogP contribution < -0.4 is 5.73 Å². The van der Waals surface area contributed by atoms with Gasteiger partial charge in [0.15, 0.2) is 6.29 Å². The van der Waals surface area contributed by atoms with Crippen molar-refractivity contribution in [2.45, 2.75) is 6.29 Å². The second-order valence-corrected chi connectivity index (χ2v) is 2.57. The van der Waals surface area contributed by atoms with Gasteiger partial charge < -0.3 is 15.6 Å². The molecule has 4 nitrogen and oxygen atoms in total. The summed E-state index contributed by atoms with van der Waals surface area (Å²) < 4.78 is 4.68. The van der Waals surface area contributed by atoms with E-state index in [0.29, 0.717) is 11.1 Å². The Labute approximate surface area is 75.9 Å². The third-order valence-electron chi connectivity index (χ3n) is 1.70. The van der Waals surface area contributed by atoms with Gasteiger partial charge in [0.25, 0.3) is 0 Å². The summed E-state index contributed by atoms with van der Waals surface area (Å²) in [5.74, 6) is -0.488. The van der Waals surface area contributed by atoms with Gasteiger partial charge in [0, 0.05) is 18.2 Å². The smallest absolute Gasteiger partial charge is 0.248 e. The first kappa shape index (κ1) is 9.70. The van der Waals surface area contributed by atoms with Gasteiger partial charge in [0.05, 0.1) is 0 Å². The van der Waals surface area contributed by atoms with Gasteiger partial charge in [-0.2, -0.15) is 0 Å². The second kappa shape index (κ2) is 4.02. The van der Waals surface area contributed by atoms with Gasteiger partial charge in [-0.3, -0.25) is 4.79 Å². The van der Waals surface area contributed by atoms with Gasteiger partial charge in [0.1, 0.15) is 0 Å². The van der Waals surface area contributed by atoms with Crippen molar-refractivity contribution in [2.24, 2.45) is 5.73 Å². The molecule has 1 amide bonds. The Balaban J connectivity index is 2.87. The Hall–Kier alpha value is -1.39. The monoisotopic (exact) mass is 181 g/mol. The van der Waals surface area contributed by atoms with Crippen molar-refractivity contribution in [3.05, 3.63) is 35.4 Å². The van der Waals surface area contributed by atoms with Crippen LogP contribution in [-0.4, -0.2) is 18.1 Å². The summed E-state index contributed by atoms with van der Waals surface area (Å²) in [7, 11) is 1.40. The molecule has 1 aromatic carbocycles. The lowest BCUT2D eigenvalue weighted by Gasteiger charge is -2.08. The first-order chi connectivity index (χ1) is 6.15. The van der Waals surface area contributed by atoms with E-state index in [9.17, 15) is 9.90 Å². The lowest BCUT2D eigenvalue weighted by Crippen LogP contribution is -2.11. The third kappa shape index (κ3) is 2.27. The lowest BCUT2D eigenvalue weighted by atomic mass is 10.1. The number of rotatable bonds is 3.